The van der Waals surface area contributed by atoms with Gasteiger partial charge in [0.15, 0.2) is 5.16 Å². The summed E-state index contributed by atoms with van der Waals surface area (Å²) in [4.78, 5) is 17.9. The predicted octanol–water partition coefficient (Wildman–Crippen LogP) is 4.82. The molecule has 10 nitrogen and oxygen atoms in total. The first-order valence-electron chi connectivity index (χ1n) is 14.2. The van der Waals surface area contributed by atoms with E-state index in [9.17, 15) is 21.6 Å². The maximum absolute atomic E-state index is 13.1. The molecule has 224 valence electrons. The molecule has 1 aliphatic heterocycles. The summed E-state index contributed by atoms with van der Waals surface area (Å²) in [5, 5.41) is 3.43. The van der Waals surface area contributed by atoms with Crippen LogP contribution in [-0.2, 0) is 31.4 Å². The van der Waals surface area contributed by atoms with Crippen LogP contribution >= 0.6 is 11.8 Å². The number of rotatable bonds is 14. The molecule has 41 heavy (non-hydrogen) atoms. The van der Waals surface area contributed by atoms with Crippen LogP contribution < -0.4 is 10.0 Å². The summed E-state index contributed by atoms with van der Waals surface area (Å²) in [5.74, 6) is -0.234. The molecule has 0 spiro atoms. The van der Waals surface area contributed by atoms with Crippen molar-refractivity contribution >= 4 is 54.4 Å². The summed E-state index contributed by atoms with van der Waals surface area (Å²) in [5.41, 5.74) is 1.78. The molecule has 1 amide bonds. The molecular weight excluding hydrogens is 583 g/mol. The van der Waals surface area contributed by atoms with Crippen LogP contribution in [0.5, 0.6) is 0 Å². The minimum absolute atomic E-state index is 0.0578. The fourth-order valence-electron chi connectivity index (χ4n) is 4.68. The molecule has 3 aromatic rings. The number of hydrogen-bond acceptors (Lipinski definition) is 7. The number of amides is 1. The molecule has 1 saturated heterocycles. The van der Waals surface area contributed by atoms with Crippen molar-refractivity contribution in [1.29, 1.82) is 0 Å². The smallest absolute Gasteiger partial charge is 0.243 e. The molecule has 2 N–H and O–H groups in total. The molecule has 2 heterocycles. The maximum atomic E-state index is 13.1. The summed E-state index contributed by atoms with van der Waals surface area (Å²) >= 11 is 1.26. The van der Waals surface area contributed by atoms with Crippen LogP contribution in [0.15, 0.2) is 57.4 Å². The van der Waals surface area contributed by atoms with Gasteiger partial charge in [-0.3, -0.25) is 4.79 Å². The highest BCUT2D eigenvalue weighted by atomic mass is 32.2. The Balaban J connectivity index is 1.48. The summed E-state index contributed by atoms with van der Waals surface area (Å²) < 4.78 is 57.7. The molecule has 1 aliphatic rings. The van der Waals surface area contributed by atoms with Crippen molar-refractivity contribution in [3.8, 4) is 0 Å². The number of thioether (sulfide) groups is 1. The van der Waals surface area contributed by atoms with Gasteiger partial charge in [0.1, 0.15) is 0 Å². The first-order chi connectivity index (χ1) is 19.7. The van der Waals surface area contributed by atoms with Crippen LogP contribution in [-0.4, -0.2) is 62.0 Å². The van der Waals surface area contributed by atoms with E-state index in [0.29, 0.717) is 42.5 Å². The Morgan fingerprint density at radius 3 is 2.44 bits per heavy atom. The Labute approximate surface area is 247 Å². The van der Waals surface area contributed by atoms with Crippen LogP contribution in [0.4, 0.5) is 5.69 Å². The number of fused-ring (bicyclic) bond motifs is 1. The average Bonchev–Trinajstić information content (AvgIpc) is 3.32. The zero-order valence-electron chi connectivity index (χ0n) is 23.6. The van der Waals surface area contributed by atoms with E-state index < -0.39 is 20.0 Å². The van der Waals surface area contributed by atoms with Gasteiger partial charge in [-0.25, -0.2) is 26.5 Å². The normalized spacial score (nSPS) is 14.9. The third-order valence-electron chi connectivity index (χ3n) is 6.96. The van der Waals surface area contributed by atoms with Crippen molar-refractivity contribution in [2.24, 2.45) is 0 Å². The number of anilines is 1. The van der Waals surface area contributed by atoms with Gasteiger partial charge in [0.2, 0.25) is 26.0 Å². The molecule has 0 saturated carbocycles. The molecular formula is C28H39N5O5S3. The number of imidazole rings is 1. The molecule has 0 aliphatic carbocycles. The largest absolute Gasteiger partial charge is 0.325 e. The SMILES string of the molecule is CCCCNS(=O)(=O)c1ccc2c(c1)nc(SCC(=O)Nc1cccc(S(=O)(=O)N3CCCCC3)c1)n2CCCC. The van der Waals surface area contributed by atoms with Gasteiger partial charge in [-0.1, -0.05) is 50.9 Å². The lowest BCUT2D eigenvalue weighted by molar-refractivity contribution is -0.113. The Bertz CT molecular complexity index is 1560. The van der Waals surface area contributed by atoms with Crippen LogP contribution in [0.2, 0.25) is 0 Å². The molecule has 0 unspecified atom stereocenters. The van der Waals surface area contributed by atoms with E-state index in [2.05, 4.69) is 21.9 Å². The molecule has 0 atom stereocenters. The number of sulfonamides is 2. The lowest BCUT2D eigenvalue weighted by atomic mass is 10.2. The zero-order valence-corrected chi connectivity index (χ0v) is 26.1. The van der Waals surface area contributed by atoms with Crippen molar-refractivity contribution in [3.05, 3.63) is 42.5 Å². The quantitative estimate of drug-likeness (QED) is 0.195. The number of nitrogens with zero attached hydrogens (tertiary/aromatic N) is 3. The number of carbonyl (C=O) groups excluding carboxylic acids is 1. The number of benzene rings is 2. The van der Waals surface area contributed by atoms with Gasteiger partial charge < -0.3 is 9.88 Å². The van der Waals surface area contributed by atoms with E-state index in [1.165, 1.54) is 22.1 Å². The Morgan fingerprint density at radius 2 is 1.71 bits per heavy atom. The lowest BCUT2D eigenvalue weighted by Crippen LogP contribution is -2.35. The van der Waals surface area contributed by atoms with E-state index in [4.69, 9.17) is 0 Å². The lowest BCUT2D eigenvalue weighted by Gasteiger charge is -2.26. The summed E-state index contributed by atoms with van der Waals surface area (Å²) in [7, 11) is -7.25. The van der Waals surface area contributed by atoms with Crippen molar-refractivity contribution < 1.29 is 21.6 Å². The van der Waals surface area contributed by atoms with E-state index in [1.807, 2.05) is 11.5 Å². The number of hydrogen-bond donors (Lipinski definition) is 2. The average molecular weight is 622 g/mol. The number of carbonyl (C=O) groups is 1. The van der Waals surface area contributed by atoms with Gasteiger partial charge in [0.05, 0.1) is 26.6 Å². The first kappa shape index (κ1) is 31.5. The number of nitrogens with one attached hydrogen (secondary N) is 2. The van der Waals surface area contributed by atoms with E-state index in [0.717, 1.165) is 50.5 Å². The molecule has 2 aromatic carbocycles. The van der Waals surface area contributed by atoms with Crippen LogP contribution in [0.1, 0.15) is 58.8 Å². The minimum Gasteiger partial charge on any atom is -0.325 e. The fourth-order valence-corrected chi connectivity index (χ4v) is 8.18. The van der Waals surface area contributed by atoms with E-state index >= 15 is 0 Å². The zero-order chi connectivity index (χ0) is 29.5. The van der Waals surface area contributed by atoms with Crippen LogP contribution in [0.25, 0.3) is 11.0 Å². The predicted molar refractivity (Wildman–Crippen MR) is 163 cm³/mol. The standard InChI is InChI=1S/C28H39N5O5S3/c1-3-5-15-29-40(35,36)23-13-14-26-25(20-23)31-28(33(26)18-6-4-2)39-21-27(34)30-22-11-10-12-24(19-22)41(37,38)32-16-8-7-9-17-32/h10-14,19-20,29H,3-9,15-18,21H2,1-2H3,(H,30,34). The molecule has 0 radical (unpaired) electrons. The number of aryl methyl sites for hydroxylation is 1. The third kappa shape index (κ3) is 7.89. The number of piperidine rings is 1. The fraction of sp³-hybridized carbons (Fsp3) is 0.500. The Morgan fingerprint density at radius 1 is 0.951 bits per heavy atom. The van der Waals surface area contributed by atoms with Gasteiger partial charge in [-0.2, -0.15) is 4.31 Å². The second-order valence-corrected chi connectivity index (χ2v) is 14.8. The second-order valence-electron chi connectivity index (χ2n) is 10.1. The van der Waals surface area contributed by atoms with Crippen molar-refractivity contribution in [1.82, 2.24) is 18.6 Å². The second kappa shape index (κ2) is 14.1. The minimum atomic E-state index is -3.64. The van der Waals surface area contributed by atoms with E-state index in [1.54, 1.807) is 36.4 Å². The number of unbranched alkanes of at least 4 members (excludes halogenated alkanes) is 2. The van der Waals surface area contributed by atoms with Gasteiger partial charge in [0, 0.05) is 31.9 Å². The van der Waals surface area contributed by atoms with Gasteiger partial charge in [0.25, 0.3) is 0 Å². The summed E-state index contributed by atoms with van der Waals surface area (Å²) in [6.07, 6.45) is 6.25. The van der Waals surface area contributed by atoms with Gasteiger partial charge in [-0.15, -0.1) is 0 Å². The Hall–Kier alpha value is -2.45. The maximum Gasteiger partial charge on any atom is 0.243 e. The van der Waals surface area contributed by atoms with Crippen molar-refractivity contribution in [3.63, 3.8) is 0 Å². The van der Waals surface area contributed by atoms with Crippen LogP contribution in [0.3, 0.4) is 0 Å². The van der Waals surface area contributed by atoms with Crippen LogP contribution in [0, 0.1) is 0 Å². The molecule has 13 heteroatoms. The van der Waals surface area contributed by atoms with Crippen molar-refractivity contribution in [2.75, 3.05) is 30.7 Å². The van der Waals surface area contributed by atoms with E-state index in [-0.39, 0.29) is 21.5 Å². The van der Waals surface area contributed by atoms with Crippen molar-refractivity contribution in [2.45, 2.75) is 80.3 Å². The number of aromatic nitrogens is 2. The molecule has 1 fully saturated rings. The first-order valence-corrected chi connectivity index (χ1v) is 18.1. The van der Waals surface area contributed by atoms with Gasteiger partial charge in [-0.05, 0) is 62.1 Å². The monoisotopic (exact) mass is 621 g/mol. The summed E-state index contributed by atoms with van der Waals surface area (Å²) in [6, 6.07) is 11.3. The third-order valence-corrected chi connectivity index (χ3v) is 11.3. The topological polar surface area (TPSA) is 130 Å². The highest BCUT2D eigenvalue weighted by Crippen LogP contribution is 2.28. The highest BCUT2D eigenvalue weighted by molar-refractivity contribution is 7.99. The molecule has 1 aromatic heterocycles. The summed E-state index contributed by atoms with van der Waals surface area (Å²) in [6.45, 7) is 6.18. The van der Waals surface area contributed by atoms with Gasteiger partial charge >= 0.3 is 0 Å². The Kier molecular flexibility index (Phi) is 10.9. The molecule has 0 bridgehead atoms. The molecule has 4 rings (SSSR count). The highest BCUT2D eigenvalue weighted by Gasteiger charge is 2.26.